The second kappa shape index (κ2) is 7.14. The number of furan rings is 1. The highest BCUT2D eigenvalue weighted by molar-refractivity contribution is 5.95. The van der Waals surface area contributed by atoms with Gasteiger partial charge in [0.25, 0.3) is 5.91 Å². The number of aromatic nitrogens is 3. The van der Waals surface area contributed by atoms with E-state index in [0.717, 1.165) is 24.3 Å². The van der Waals surface area contributed by atoms with E-state index in [1.54, 1.807) is 17.7 Å². The molecule has 7 nitrogen and oxygen atoms in total. The molecule has 0 N–H and O–H groups in total. The zero-order chi connectivity index (χ0) is 19.8. The third-order valence-corrected chi connectivity index (χ3v) is 5.31. The van der Waals surface area contributed by atoms with Crippen LogP contribution in [-0.2, 0) is 7.05 Å². The van der Waals surface area contributed by atoms with E-state index in [1.807, 2.05) is 49.1 Å². The van der Waals surface area contributed by atoms with E-state index in [2.05, 4.69) is 5.10 Å². The van der Waals surface area contributed by atoms with Crippen molar-refractivity contribution in [2.24, 2.45) is 7.05 Å². The Kier molecular flexibility index (Phi) is 4.66. The van der Waals surface area contributed by atoms with Crippen LogP contribution in [0.25, 0.3) is 5.69 Å². The summed E-state index contributed by atoms with van der Waals surface area (Å²) >= 11 is 0. The zero-order valence-corrected chi connectivity index (χ0v) is 16.4. The second-order valence-electron chi connectivity index (χ2n) is 7.35. The number of carbonyl (C=O) groups is 1. The number of carbonyl (C=O) groups excluding carboxylic acids is 1. The van der Waals surface area contributed by atoms with Crippen LogP contribution < -0.4 is 5.69 Å². The predicted octanol–water partition coefficient (Wildman–Crippen LogP) is 2.80. The summed E-state index contributed by atoms with van der Waals surface area (Å²) in [6.07, 6.45) is 1.75. The molecule has 1 saturated heterocycles. The number of rotatable bonds is 3. The monoisotopic (exact) mass is 380 g/mol. The Morgan fingerprint density at radius 2 is 1.96 bits per heavy atom. The number of piperidine rings is 1. The lowest BCUT2D eigenvalue weighted by Crippen LogP contribution is -2.40. The number of nitrogens with zero attached hydrogens (tertiary/aromatic N) is 4. The fourth-order valence-corrected chi connectivity index (χ4v) is 3.95. The van der Waals surface area contributed by atoms with Gasteiger partial charge >= 0.3 is 5.69 Å². The minimum absolute atomic E-state index is 0.000102. The molecule has 1 amide bonds. The number of likely N-dealkylation sites (tertiary alicyclic amines) is 1. The van der Waals surface area contributed by atoms with Crippen LogP contribution in [0.4, 0.5) is 0 Å². The highest BCUT2D eigenvalue weighted by Crippen LogP contribution is 2.28. The fourth-order valence-electron chi connectivity index (χ4n) is 3.95. The van der Waals surface area contributed by atoms with Gasteiger partial charge in [0.15, 0.2) is 0 Å². The lowest BCUT2D eigenvalue weighted by atomic mass is 9.96. The van der Waals surface area contributed by atoms with Gasteiger partial charge < -0.3 is 9.32 Å². The molecule has 1 fully saturated rings. The van der Waals surface area contributed by atoms with Crippen molar-refractivity contribution in [3.63, 3.8) is 0 Å². The van der Waals surface area contributed by atoms with Crippen molar-refractivity contribution in [1.82, 2.24) is 19.2 Å². The van der Waals surface area contributed by atoms with E-state index in [9.17, 15) is 9.59 Å². The average molecular weight is 380 g/mol. The summed E-state index contributed by atoms with van der Waals surface area (Å²) in [5.41, 5.74) is 1.23. The quantitative estimate of drug-likeness (QED) is 0.700. The minimum atomic E-state index is -0.175. The van der Waals surface area contributed by atoms with Gasteiger partial charge in [-0.15, -0.1) is 0 Å². The van der Waals surface area contributed by atoms with Crippen LogP contribution in [-0.4, -0.2) is 38.2 Å². The Hall–Kier alpha value is -3.09. The molecule has 28 heavy (non-hydrogen) atoms. The molecule has 2 aromatic heterocycles. The first-order chi connectivity index (χ1) is 13.5. The van der Waals surface area contributed by atoms with Gasteiger partial charge in [-0.2, -0.15) is 5.10 Å². The van der Waals surface area contributed by atoms with E-state index in [-0.39, 0.29) is 17.5 Å². The van der Waals surface area contributed by atoms with Gasteiger partial charge in [0, 0.05) is 26.1 Å². The Balaban J connectivity index is 1.66. The molecule has 3 heterocycles. The summed E-state index contributed by atoms with van der Waals surface area (Å²) in [6.45, 7) is 4.88. The molecule has 1 aromatic carbocycles. The van der Waals surface area contributed by atoms with Gasteiger partial charge in [-0.25, -0.2) is 14.0 Å². The van der Waals surface area contributed by atoms with Crippen LogP contribution in [0.1, 0.15) is 46.5 Å². The topological polar surface area (TPSA) is 73.3 Å². The third kappa shape index (κ3) is 3.17. The average Bonchev–Trinajstić information content (AvgIpc) is 3.20. The summed E-state index contributed by atoms with van der Waals surface area (Å²) in [6, 6.07) is 11.3. The number of hydrogen-bond donors (Lipinski definition) is 0. The summed E-state index contributed by atoms with van der Waals surface area (Å²) in [7, 11) is 1.66. The van der Waals surface area contributed by atoms with Crippen molar-refractivity contribution < 1.29 is 9.21 Å². The number of benzene rings is 1. The van der Waals surface area contributed by atoms with Gasteiger partial charge in [0.2, 0.25) is 0 Å². The maximum Gasteiger partial charge on any atom is 0.350 e. The molecule has 146 valence electrons. The highest BCUT2D eigenvalue weighted by atomic mass is 16.3. The smallest absolute Gasteiger partial charge is 0.350 e. The number of amides is 1. The Morgan fingerprint density at radius 3 is 2.64 bits per heavy atom. The van der Waals surface area contributed by atoms with Crippen LogP contribution in [0.15, 0.2) is 45.6 Å². The second-order valence-corrected chi connectivity index (χ2v) is 7.35. The standard InChI is InChI=1S/C21H24N4O3/c1-14-12-18(15(2)28-14)20(26)24-11-7-8-16(13-24)19-22-23(3)21(27)25(19)17-9-5-4-6-10-17/h4-6,9-10,12,16H,7-8,11,13H2,1-3H3/t16-/m1/s1. The van der Waals surface area contributed by atoms with Crippen LogP contribution in [0.5, 0.6) is 0 Å². The van der Waals surface area contributed by atoms with Crippen molar-refractivity contribution in [2.45, 2.75) is 32.6 Å². The molecule has 0 radical (unpaired) electrons. The van der Waals surface area contributed by atoms with E-state index in [1.165, 1.54) is 4.68 Å². The first-order valence-electron chi connectivity index (χ1n) is 9.53. The van der Waals surface area contributed by atoms with E-state index < -0.39 is 0 Å². The van der Waals surface area contributed by atoms with Crippen molar-refractivity contribution in [2.75, 3.05) is 13.1 Å². The lowest BCUT2D eigenvalue weighted by Gasteiger charge is -2.32. The maximum atomic E-state index is 13.0. The fraction of sp³-hybridized carbons (Fsp3) is 0.381. The summed E-state index contributed by atoms with van der Waals surface area (Å²) in [5.74, 6) is 2.06. The predicted molar refractivity (Wildman–Crippen MR) is 105 cm³/mol. The lowest BCUT2D eigenvalue weighted by molar-refractivity contribution is 0.0702. The van der Waals surface area contributed by atoms with Crippen LogP contribution in [0.2, 0.25) is 0 Å². The summed E-state index contributed by atoms with van der Waals surface area (Å²) in [4.78, 5) is 27.5. The van der Waals surface area contributed by atoms with Crippen LogP contribution >= 0.6 is 0 Å². The largest absolute Gasteiger partial charge is 0.466 e. The van der Waals surface area contributed by atoms with Crippen molar-refractivity contribution in [3.05, 3.63) is 69.8 Å². The molecule has 0 unspecified atom stereocenters. The highest BCUT2D eigenvalue weighted by Gasteiger charge is 2.31. The third-order valence-electron chi connectivity index (χ3n) is 5.31. The van der Waals surface area contributed by atoms with E-state index >= 15 is 0 Å². The first-order valence-corrected chi connectivity index (χ1v) is 9.53. The Bertz CT molecular complexity index is 1060. The molecule has 0 saturated carbocycles. The molecule has 3 aromatic rings. The zero-order valence-electron chi connectivity index (χ0n) is 16.4. The number of para-hydroxylation sites is 1. The van der Waals surface area contributed by atoms with Gasteiger partial charge in [0.05, 0.1) is 11.3 Å². The van der Waals surface area contributed by atoms with Crippen molar-refractivity contribution in [3.8, 4) is 5.69 Å². The van der Waals surface area contributed by atoms with Gasteiger partial charge in [0.1, 0.15) is 17.3 Å². The first kappa shape index (κ1) is 18.3. The SMILES string of the molecule is Cc1cc(C(=O)N2CCC[C@@H](c3nn(C)c(=O)n3-c3ccccc3)C2)c(C)o1. The number of aryl methyl sites for hydroxylation is 3. The number of hydrogen-bond acceptors (Lipinski definition) is 4. The summed E-state index contributed by atoms with van der Waals surface area (Å²) < 4.78 is 8.55. The molecule has 1 aliphatic rings. The normalized spacial score (nSPS) is 17.1. The molecule has 1 atom stereocenters. The summed E-state index contributed by atoms with van der Waals surface area (Å²) in [5, 5.41) is 4.51. The van der Waals surface area contributed by atoms with Crippen molar-refractivity contribution in [1.29, 1.82) is 0 Å². The Morgan fingerprint density at radius 1 is 1.21 bits per heavy atom. The molecular weight excluding hydrogens is 356 g/mol. The minimum Gasteiger partial charge on any atom is -0.466 e. The molecular formula is C21H24N4O3. The van der Waals surface area contributed by atoms with Crippen LogP contribution in [0.3, 0.4) is 0 Å². The molecule has 7 heteroatoms. The van der Waals surface area contributed by atoms with E-state index in [0.29, 0.717) is 30.2 Å². The van der Waals surface area contributed by atoms with Crippen molar-refractivity contribution >= 4 is 5.91 Å². The maximum absolute atomic E-state index is 13.0. The Labute approximate surface area is 163 Å². The molecule has 0 aliphatic carbocycles. The van der Waals surface area contributed by atoms with Gasteiger partial charge in [-0.05, 0) is 44.9 Å². The molecule has 1 aliphatic heterocycles. The molecule has 0 bridgehead atoms. The van der Waals surface area contributed by atoms with Gasteiger partial charge in [-0.1, -0.05) is 18.2 Å². The van der Waals surface area contributed by atoms with Gasteiger partial charge in [-0.3, -0.25) is 4.79 Å². The van der Waals surface area contributed by atoms with E-state index in [4.69, 9.17) is 4.42 Å². The van der Waals surface area contributed by atoms with Crippen LogP contribution in [0, 0.1) is 13.8 Å². The molecule has 4 rings (SSSR count). The molecule has 0 spiro atoms.